The summed E-state index contributed by atoms with van der Waals surface area (Å²) < 4.78 is 3.35. The van der Waals surface area contributed by atoms with Crippen molar-refractivity contribution < 1.29 is 0 Å². The molecule has 2 rings (SSSR count). The van der Waals surface area contributed by atoms with Crippen molar-refractivity contribution in [2.45, 2.75) is 64.3 Å². The van der Waals surface area contributed by atoms with E-state index in [0.29, 0.717) is 0 Å². The second kappa shape index (κ2) is 8.19. The molecule has 0 spiro atoms. The van der Waals surface area contributed by atoms with Gasteiger partial charge in [0, 0.05) is 11.0 Å². The molecule has 0 N–H and O–H groups in total. The first-order valence-electron chi connectivity index (χ1n) is 7.93. The van der Waals surface area contributed by atoms with E-state index in [1.54, 1.807) is 0 Å². The van der Waals surface area contributed by atoms with Crippen LogP contribution in [0.3, 0.4) is 0 Å². The Balaban J connectivity index is 2.08. The molecule has 21 heavy (non-hydrogen) atoms. The van der Waals surface area contributed by atoms with Gasteiger partial charge in [0.2, 0.25) is 0 Å². The van der Waals surface area contributed by atoms with Crippen LogP contribution in [0.4, 0.5) is 0 Å². The maximum absolute atomic E-state index is 6.31. The molecular formula is C17H24BrClN2. The Morgan fingerprint density at radius 3 is 2.62 bits per heavy atom. The zero-order valence-corrected chi connectivity index (χ0v) is 15.3. The Bertz CT molecular complexity index is 577. The molecule has 0 aliphatic carbocycles. The molecule has 2 nitrogen and oxygen atoms in total. The first-order valence-corrected chi connectivity index (χ1v) is 9.16. The van der Waals surface area contributed by atoms with Gasteiger partial charge in [-0.25, -0.2) is 4.98 Å². The molecule has 1 atom stereocenters. The molecule has 0 bridgehead atoms. The number of halogens is 2. The van der Waals surface area contributed by atoms with Gasteiger partial charge in [0.15, 0.2) is 0 Å². The van der Waals surface area contributed by atoms with Gasteiger partial charge in [-0.2, -0.15) is 0 Å². The molecule has 1 aromatic carbocycles. The lowest BCUT2D eigenvalue weighted by Gasteiger charge is -2.10. The number of alkyl halides is 1. The van der Waals surface area contributed by atoms with Crippen LogP contribution in [0.1, 0.15) is 63.6 Å². The van der Waals surface area contributed by atoms with Crippen LogP contribution in [0.15, 0.2) is 22.7 Å². The molecule has 4 heteroatoms. The normalized spacial score (nSPS) is 13.0. The van der Waals surface area contributed by atoms with Gasteiger partial charge in [-0.05, 0) is 31.5 Å². The van der Waals surface area contributed by atoms with E-state index in [0.717, 1.165) is 22.4 Å². The zero-order chi connectivity index (χ0) is 15.2. The van der Waals surface area contributed by atoms with Crippen LogP contribution in [0, 0.1) is 0 Å². The number of fused-ring (bicyclic) bond motifs is 1. The molecule has 1 aromatic heterocycles. The standard InChI is InChI=1S/C17H24BrClN2/c1-3-4-5-6-7-8-11-21-16-10-9-14(18)12-15(16)20-17(21)13(2)19/h9-10,12-13H,3-8,11H2,1-2H3. The zero-order valence-electron chi connectivity index (χ0n) is 12.9. The molecule has 2 aromatic rings. The highest BCUT2D eigenvalue weighted by atomic mass is 79.9. The van der Waals surface area contributed by atoms with E-state index in [1.165, 1.54) is 44.0 Å². The van der Waals surface area contributed by atoms with Crippen LogP contribution in [-0.2, 0) is 6.54 Å². The van der Waals surface area contributed by atoms with Gasteiger partial charge in [0.1, 0.15) is 5.82 Å². The summed E-state index contributed by atoms with van der Waals surface area (Å²) in [6.45, 7) is 5.26. The van der Waals surface area contributed by atoms with Gasteiger partial charge in [-0.15, -0.1) is 11.6 Å². The number of aromatic nitrogens is 2. The molecule has 1 heterocycles. The van der Waals surface area contributed by atoms with Gasteiger partial charge >= 0.3 is 0 Å². The van der Waals surface area contributed by atoms with Gasteiger partial charge in [-0.3, -0.25) is 0 Å². The van der Waals surface area contributed by atoms with Crippen LogP contribution in [0.2, 0.25) is 0 Å². The third-order valence-corrected chi connectivity index (χ3v) is 4.52. The summed E-state index contributed by atoms with van der Waals surface area (Å²) in [7, 11) is 0. The Hall–Kier alpha value is -0.540. The lowest BCUT2D eigenvalue weighted by molar-refractivity contribution is 0.553. The highest BCUT2D eigenvalue weighted by Gasteiger charge is 2.14. The summed E-state index contributed by atoms with van der Waals surface area (Å²) in [5.74, 6) is 0.985. The first kappa shape index (κ1) is 16.8. The Morgan fingerprint density at radius 1 is 1.19 bits per heavy atom. The summed E-state index contributed by atoms with van der Waals surface area (Å²) >= 11 is 9.81. The van der Waals surface area contributed by atoms with Crippen molar-refractivity contribution >= 4 is 38.6 Å². The molecule has 0 saturated carbocycles. The Morgan fingerprint density at radius 2 is 1.90 bits per heavy atom. The number of benzene rings is 1. The van der Waals surface area contributed by atoms with Crippen molar-refractivity contribution in [3.8, 4) is 0 Å². The minimum atomic E-state index is -0.0590. The fourth-order valence-electron chi connectivity index (χ4n) is 2.71. The first-order chi connectivity index (χ1) is 10.1. The van der Waals surface area contributed by atoms with E-state index in [4.69, 9.17) is 16.6 Å². The van der Waals surface area contributed by atoms with Crippen molar-refractivity contribution in [3.63, 3.8) is 0 Å². The average molecular weight is 372 g/mol. The average Bonchev–Trinajstić information content (AvgIpc) is 2.80. The fourth-order valence-corrected chi connectivity index (χ4v) is 3.23. The molecule has 0 radical (unpaired) electrons. The Labute approximate surface area is 141 Å². The highest BCUT2D eigenvalue weighted by Crippen LogP contribution is 2.27. The maximum Gasteiger partial charge on any atom is 0.127 e. The van der Waals surface area contributed by atoms with E-state index in [-0.39, 0.29) is 5.38 Å². The quantitative estimate of drug-likeness (QED) is 0.384. The Kier molecular flexibility index (Phi) is 6.56. The fraction of sp³-hybridized carbons (Fsp3) is 0.588. The minimum absolute atomic E-state index is 0.0590. The van der Waals surface area contributed by atoms with Crippen LogP contribution < -0.4 is 0 Å². The maximum atomic E-state index is 6.31. The van der Waals surface area contributed by atoms with Crippen molar-refractivity contribution in [1.29, 1.82) is 0 Å². The van der Waals surface area contributed by atoms with Gasteiger partial charge in [-0.1, -0.05) is 55.0 Å². The number of hydrogen-bond donors (Lipinski definition) is 0. The number of imidazole rings is 1. The molecular weight excluding hydrogens is 348 g/mol. The topological polar surface area (TPSA) is 17.8 Å². The van der Waals surface area contributed by atoms with Crippen LogP contribution in [0.5, 0.6) is 0 Å². The van der Waals surface area contributed by atoms with Crippen molar-refractivity contribution in [1.82, 2.24) is 9.55 Å². The summed E-state index contributed by atoms with van der Waals surface area (Å²) in [6.07, 6.45) is 7.82. The van der Waals surface area contributed by atoms with Crippen LogP contribution in [-0.4, -0.2) is 9.55 Å². The molecule has 116 valence electrons. The predicted octanol–water partition coefficient (Wildman–Crippen LogP) is 6.46. The van der Waals surface area contributed by atoms with Gasteiger partial charge in [0.05, 0.1) is 16.4 Å². The van der Waals surface area contributed by atoms with Crippen molar-refractivity contribution in [2.24, 2.45) is 0 Å². The minimum Gasteiger partial charge on any atom is -0.327 e. The largest absolute Gasteiger partial charge is 0.327 e. The highest BCUT2D eigenvalue weighted by molar-refractivity contribution is 9.10. The van der Waals surface area contributed by atoms with Gasteiger partial charge < -0.3 is 4.57 Å². The van der Waals surface area contributed by atoms with Crippen molar-refractivity contribution in [2.75, 3.05) is 0 Å². The third kappa shape index (κ3) is 4.46. The van der Waals surface area contributed by atoms with E-state index in [9.17, 15) is 0 Å². The molecule has 0 amide bonds. The number of aryl methyl sites for hydroxylation is 1. The van der Waals surface area contributed by atoms with E-state index in [2.05, 4.69) is 45.6 Å². The number of hydrogen-bond acceptors (Lipinski definition) is 1. The molecule has 0 aliphatic heterocycles. The molecule has 0 saturated heterocycles. The number of nitrogens with zero attached hydrogens (tertiary/aromatic N) is 2. The third-order valence-electron chi connectivity index (χ3n) is 3.83. The number of unbranched alkanes of at least 4 members (excludes halogenated alkanes) is 5. The molecule has 0 fully saturated rings. The van der Waals surface area contributed by atoms with E-state index >= 15 is 0 Å². The summed E-state index contributed by atoms with van der Waals surface area (Å²) in [4.78, 5) is 4.70. The monoisotopic (exact) mass is 370 g/mol. The number of rotatable bonds is 8. The smallest absolute Gasteiger partial charge is 0.127 e. The van der Waals surface area contributed by atoms with Crippen LogP contribution in [0.25, 0.3) is 11.0 Å². The summed E-state index contributed by atoms with van der Waals surface area (Å²) in [6, 6.07) is 6.27. The summed E-state index contributed by atoms with van der Waals surface area (Å²) in [5, 5.41) is -0.0590. The van der Waals surface area contributed by atoms with E-state index < -0.39 is 0 Å². The lowest BCUT2D eigenvalue weighted by Crippen LogP contribution is -2.04. The summed E-state index contributed by atoms with van der Waals surface area (Å²) in [5.41, 5.74) is 2.21. The van der Waals surface area contributed by atoms with Crippen molar-refractivity contribution in [3.05, 3.63) is 28.5 Å². The predicted molar refractivity (Wildman–Crippen MR) is 95.1 cm³/mol. The molecule has 1 unspecified atom stereocenters. The van der Waals surface area contributed by atoms with Gasteiger partial charge in [0.25, 0.3) is 0 Å². The van der Waals surface area contributed by atoms with Crippen LogP contribution >= 0.6 is 27.5 Å². The SMILES string of the molecule is CCCCCCCCn1c(C(C)Cl)nc2cc(Br)ccc21. The van der Waals surface area contributed by atoms with E-state index in [1.807, 2.05) is 6.92 Å². The second-order valence-electron chi connectivity index (χ2n) is 5.64. The lowest BCUT2D eigenvalue weighted by atomic mass is 10.1. The second-order valence-corrected chi connectivity index (χ2v) is 7.21. The molecule has 0 aliphatic rings.